The first-order chi connectivity index (χ1) is 8.79. The molecule has 1 aromatic rings. The van der Waals surface area contributed by atoms with E-state index in [0.717, 1.165) is 12.0 Å². The lowest BCUT2D eigenvalue weighted by Crippen LogP contribution is -2.44. The number of rotatable bonds is 3. The van der Waals surface area contributed by atoms with Gasteiger partial charge in [-0.1, -0.05) is 6.92 Å². The first-order valence-electron chi connectivity index (χ1n) is 6.39. The molecule has 19 heavy (non-hydrogen) atoms. The standard InChI is InChI=1S/C14H19NO4/c1-5-14(4)13(2,3)18-12(19-14)10-6-8-11(9-7-10)15(16)17/h6-9,12H,5H2,1-4H3. The summed E-state index contributed by atoms with van der Waals surface area (Å²) >= 11 is 0. The summed E-state index contributed by atoms with van der Waals surface area (Å²) in [4.78, 5) is 10.2. The molecule has 5 nitrogen and oxygen atoms in total. The van der Waals surface area contributed by atoms with Gasteiger partial charge in [-0.3, -0.25) is 10.1 Å². The molecule has 0 N–H and O–H groups in total. The minimum Gasteiger partial charge on any atom is -0.339 e. The van der Waals surface area contributed by atoms with Crippen molar-refractivity contribution in [3.63, 3.8) is 0 Å². The summed E-state index contributed by atoms with van der Waals surface area (Å²) in [6, 6.07) is 6.30. The van der Waals surface area contributed by atoms with Crippen LogP contribution in [-0.4, -0.2) is 16.1 Å². The highest BCUT2D eigenvalue weighted by molar-refractivity contribution is 5.33. The summed E-state index contributed by atoms with van der Waals surface area (Å²) in [7, 11) is 0. The second kappa shape index (κ2) is 4.58. The summed E-state index contributed by atoms with van der Waals surface area (Å²) in [5.74, 6) is 0. The lowest BCUT2D eigenvalue weighted by Gasteiger charge is -2.33. The Kier molecular flexibility index (Phi) is 3.36. The molecular weight excluding hydrogens is 246 g/mol. The van der Waals surface area contributed by atoms with E-state index in [-0.39, 0.29) is 11.3 Å². The zero-order valence-corrected chi connectivity index (χ0v) is 11.7. The second-order valence-corrected chi connectivity index (χ2v) is 5.51. The quantitative estimate of drug-likeness (QED) is 0.619. The highest BCUT2D eigenvalue weighted by Crippen LogP contribution is 2.46. The second-order valence-electron chi connectivity index (χ2n) is 5.51. The summed E-state index contributed by atoms with van der Waals surface area (Å²) in [5.41, 5.74) is 0.114. The van der Waals surface area contributed by atoms with E-state index in [1.807, 2.05) is 20.8 Å². The predicted octanol–water partition coefficient (Wildman–Crippen LogP) is 3.59. The molecule has 0 bridgehead atoms. The van der Waals surface area contributed by atoms with Gasteiger partial charge in [0.1, 0.15) is 0 Å². The Morgan fingerprint density at radius 1 is 1.21 bits per heavy atom. The third kappa shape index (κ3) is 2.35. The lowest BCUT2D eigenvalue weighted by atomic mass is 9.86. The molecule has 0 aromatic heterocycles. The van der Waals surface area contributed by atoms with Crippen LogP contribution in [0, 0.1) is 10.1 Å². The minimum atomic E-state index is -0.472. The summed E-state index contributed by atoms with van der Waals surface area (Å²) < 4.78 is 12.0. The molecule has 1 aromatic carbocycles. The van der Waals surface area contributed by atoms with Crippen molar-refractivity contribution in [2.45, 2.75) is 51.6 Å². The molecular formula is C14H19NO4. The average molecular weight is 265 g/mol. The van der Waals surface area contributed by atoms with Crippen molar-refractivity contribution >= 4 is 5.69 Å². The molecule has 1 saturated heterocycles. The summed E-state index contributed by atoms with van der Waals surface area (Å²) in [6.45, 7) is 8.09. The molecule has 2 atom stereocenters. The normalized spacial score (nSPS) is 29.4. The number of nitrogens with zero attached hydrogens (tertiary/aromatic N) is 1. The maximum absolute atomic E-state index is 10.6. The first kappa shape index (κ1) is 14.0. The molecule has 0 amide bonds. The number of benzene rings is 1. The molecule has 0 radical (unpaired) electrons. The molecule has 2 rings (SSSR count). The predicted molar refractivity (Wildman–Crippen MR) is 70.8 cm³/mol. The molecule has 5 heteroatoms. The third-order valence-corrected chi connectivity index (χ3v) is 4.09. The van der Waals surface area contributed by atoms with Crippen molar-refractivity contribution in [2.24, 2.45) is 0 Å². The van der Waals surface area contributed by atoms with Crippen LogP contribution in [-0.2, 0) is 9.47 Å². The van der Waals surface area contributed by atoms with Crippen molar-refractivity contribution in [1.29, 1.82) is 0 Å². The van der Waals surface area contributed by atoms with E-state index in [9.17, 15) is 10.1 Å². The molecule has 0 aliphatic carbocycles. The Bertz CT molecular complexity index is 483. The van der Waals surface area contributed by atoms with Crippen LogP contribution in [0.25, 0.3) is 0 Å². The molecule has 104 valence electrons. The molecule has 1 fully saturated rings. The van der Waals surface area contributed by atoms with Crippen molar-refractivity contribution in [3.05, 3.63) is 39.9 Å². The molecule has 0 spiro atoms. The Labute approximate surface area is 112 Å². The maximum atomic E-state index is 10.6. The fraction of sp³-hybridized carbons (Fsp3) is 0.571. The molecule has 0 saturated carbocycles. The topological polar surface area (TPSA) is 61.6 Å². The van der Waals surface area contributed by atoms with E-state index < -0.39 is 16.8 Å². The number of nitro groups is 1. The SMILES string of the molecule is CCC1(C)OC(c2ccc([N+](=O)[O-])cc2)OC1(C)C. The van der Waals surface area contributed by atoms with Gasteiger partial charge in [0.15, 0.2) is 6.29 Å². The number of hydrogen-bond donors (Lipinski definition) is 0. The Balaban J connectivity index is 2.23. The minimum absolute atomic E-state index is 0.0688. The highest BCUT2D eigenvalue weighted by atomic mass is 16.7. The van der Waals surface area contributed by atoms with Crippen LogP contribution < -0.4 is 0 Å². The van der Waals surface area contributed by atoms with Crippen LogP contribution in [0.5, 0.6) is 0 Å². The van der Waals surface area contributed by atoms with Crippen LogP contribution in [0.1, 0.15) is 46.0 Å². The molecule has 2 unspecified atom stereocenters. The lowest BCUT2D eigenvalue weighted by molar-refractivity contribution is -0.384. The largest absolute Gasteiger partial charge is 0.339 e. The van der Waals surface area contributed by atoms with Crippen LogP contribution in [0.3, 0.4) is 0 Å². The van der Waals surface area contributed by atoms with Gasteiger partial charge < -0.3 is 9.47 Å². The Hall–Kier alpha value is -1.46. The van der Waals surface area contributed by atoms with Crippen molar-refractivity contribution in [3.8, 4) is 0 Å². The van der Waals surface area contributed by atoms with E-state index >= 15 is 0 Å². The number of hydrogen-bond acceptors (Lipinski definition) is 4. The van der Waals surface area contributed by atoms with Crippen LogP contribution >= 0.6 is 0 Å². The van der Waals surface area contributed by atoms with E-state index in [4.69, 9.17) is 9.47 Å². The van der Waals surface area contributed by atoms with Crippen molar-refractivity contribution in [2.75, 3.05) is 0 Å². The van der Waals surface area contributed by atoms with E-state index in [1.54, 1.807) is 12.1 Å². The average Bonchev–Trinajstić information content (AvgIpc) is 2.61. The van der Waals surface area contributed by atoms with E-state index in [2.05, 4.69) is 6.92 Å². The van der Waals surface area contributed by atoms with Gasteiger partial charge in [0, 0.05) is 17.7 Å². The smallest absolute Gasteiger partial charge is 0.269 e. The monoisotopic (exact) mass is 265 g/mol. The molecule has 1 aliphatic rings. The van der Waals surface area contributed by atoms with Gasteiger partial charge >= 0.3 is 0 Å². The van der Waals surface area contributed by atoms with Gasteiger partial charge in [-0.2, -0.15) is 0 Å². The number of nitro benzene ring substituents is 1. The van der Waals surface area contributed by atoms with E-state index in [1.165, 1.54) is 12.1 Å². The zero-order chi connectivity index (χ0) is 14.3. The van der Waals surface area contributed by atoms with Crippen LogP contribution in [0.2, 0.25) is 0 Å². The summed E-state index contributed by atoms with van der Waals surface area (Å²) in [5, 5.41) is 10.6. The first-order valence-corrected chi connectivity index (χ1v) is 6.39. The van der Waals surface area contributed by atoms with Gasteiger partial charge in [0.05, 0.1) is 16.1 Å². The number of non-ortho nitro benzene ring substituents is 1. The third-order valence-electron chi connectivity index (χ3n) is 4.09. The van der Waals surface area contributed by atoms with Gasteiger partial charge in [-0.25, -0.2) is 0 Å². The van der Waals surface area contributed by atoms with Crippen LogP contribution in [0.4, 0.5) is 5.69 Å². The van der Waals surface area contributed by atoms with Gasteiger partial charge in [0.25, 0.3) is 5.69 Å². The molecule has 1 aliphatic heterocycles. The molecule has 1 heterocycles. The maximum Gasteiger partial charge on any atom is 0.269 e. The van der Waals surface area contributed by atoms with Gasteiger partial charge in [0.2, 0.25) is 0 Å². The van der Waals surface area contributed by atoms with Gasteiger partial charge in [-0.05, 0) is 39.3 Å². The zero-order valence-electron chi connectivity index (χ0n) is 11.7. The van der Waals surface area contributed by atoms with Crippen molar-refractivity contribution < 1.29 is 14.4 Å². The van der Waals surface area contributed by atoms with Crippen LogP contribution in [0.15, 0.2) is 24.3 Å². The Morgan fingerprint density at radius 3 is 2.21 bits per heavy atom. The Morgan fingerprint density at radius 2 is 1.79 bits per heavy atom. The number of ether oxygens (including phenoxy) is 2. The van der Waals surface area contributed by atoms with Crippen molar-refractivity contribution in [1.82, 2.24) is 0 Å². The van der Waals surface area contributed by atoms with E-state index in [0.29, 0.717) is 0 Å². The fourth-order valence-electron chi connectivity index (χ4n) is 2.19. The fourth-order valence-corrected chi connectivity index (χ4v) is 2.19. The van der Waals surface area contributed by atoms with Gasteiger partial charge in [-0.15, -0.1) is 0 Å². The highest BCUT2D eigenvalue weighted by Gasteiger charge is 2.51. The summed E-state index contributed by atoms with van der Waals surface area (Å²) in [6.07, 6.45) is 0.365.